The summed E-state index contributed by atoms with van der Waals surface area (Å²) in [5.74, 6) is -1.27. The first kappa shape index (κ1) is 11.2. The fraction of sp³-hybridized carbons (Fsp3) is 0.182. The first-order valence-corrected chi connectivity index (χ1v) is 5.48. The topological polar surface area (TPSA) is 33.1 Å². The monoisotopic (exact) mass is 241 g/mol. The van der Waals surface area contributed by atoms with Gasteiger partial charge in [-0.1, -0.05) is 0 Å². The Kier molecular flexibility index (Phi) is 2.98. The molecule has 1 aromatic carbocycles. The Bertz CT molecular complexity index is 490. The molecule has 0 bridgehead atoms. The standard InChI is InChI=1S/C11H9F2NOS/c1-6(15)10-5-14-11(16-10)7-2-8(12)4-9(13)3-7/h2-6,15H,1H3. The van der Waals surface area contributed by atoms with Gasteiger partial charge in [0, 0.05) is 17.8 Å². The highest BCUT2D eigenvalue weighted by Crippen LogP contribution is 2.29. The average molecular weight is 241 g/mol. The molecule has 0 fully saturated rings. The molecular formula is C11H9F2NOS. The van der Waals surface area contributed by atoms with Gasteiger partial charge in [0.2, 0.25) is 0 Å². The molecule has 2 nitrogen and oxygen atoms in total. The highest BCUT2D eigenvalue weighted by molar-refractivity contribution is 7.15. The molecule has 1 atom stereocenters. The highest BCUT2D eigenvalue weighted by atomic mass is 32.1. The summed E-state index contributed by atoms with van der Waals surface area (Å²) in [4.78, 5) is 4.68. The van der Waals surface area contributed by atoms with Crippen molar-refractivity contribution >= 4 is 11.3 Å². The number of hydrogen-bond acceptors (Lipinski definition) is 3. The number of rotatable bonds is 2. The molecular weight excluding hydrogens is 232 g/mol. The van der Waals surface area contributed by atoms with E-state index in [9.17, 15) is 13.9 Å². The summed E-state index contributed by atoms with van der Waals surface area (Å²) < 4.78 is 25.9. The van der Waals surface area contributed by atoms with E-state index < -0.39 is 17.7 Å². The summed E-state index contributed by atoms with van der Waals surface area (Å²) in [6.07, 6.45) is 0.887. The fourth-order valence-electron chi connectivity index (χ4n) is 1.29. The van der Waals surface area contributed by atoms with Gasteiger partial charge in [-0.15, -0.1) is 11.3 Å². The predicted octanol–water partition coefficient (Wildman–Crippen LogP) is 3.14. The molecule has 0 saturated carbocycles. The van der Waals surface area contributed by atoms with Gasteiger partial charge in [0.05, 0.1) is 11.0 Å². The van der Waals surface area contributed by atoms with E-state index in [4.69, 9.17) is 0 Å². The molecule has 2 aromatic rings. The van der Waals surface area contributed by atoms with Crippen molar-refractivity contribution in [2.24, 2.45) is 0 Å². The second-order valence-corrected chi connectivity index (χ2v) is 4.46. The van der Waals surface area contributed by atoms with Crippen LogP contribution in [0.2, 0.25) is 0 Å². The molecule has 0 aliphatic carbocycles. The van der Waals surface area contributed by atoms with E-state index in [1.54, 1.807) is 6.92 Å². The third kappa shape index (κ3) is 2.25. The van der Waals surface area contributed by atoms with Crippen molar-refractivity contribution in [3.63, 3.8) is 0 Å². The van der Waals surface area contributed by atoms with Gasteiger partial charge in [0.25, 0.3) is 0 Å². The Morgan fingerprint density at radius 2 is 1.88 bits per heavy atom. The molecule has 0 aliphatic heterocycles. The largest absolute Gasteiger partial charge is 0.388 e. The van der Waals surface area contributed by atoms with Crippen molar-refractivity contribution in [3.05, 3.63) is 40.9 Å². The maximum absolute atomic E-state index is 13.0. The van der Waals surface area contributed by atoms with Crippen LogP contribution >= 0.6 is 11.3 Å². The van der Waals surface area contributed by atoms with Gasteiger partial charge in [0.1, 0.15) is 16.6 Å². The van der Waals surface area contributed by atoms with Crippen molar-refractivity contribution < 1.29 is 13.9 Å². The van der Waals surface area contributed by atoms with E-state index in [-0.39, 0.29) is 0 Å². The van der Waals surface area contributed by atoms with E-state index in [0.717, 1.165) is 6.07 Å². The van der Waals surface area contributed by atoms with Crippen LogP contribution in [0.4, 0.5) is 8.78 Å². The minimum atomic E-state index is -0.635. The van der Waals surface area contributed by atoms with Crippen LogP contribution in [0.1, 0.15) is 17.9 Å². The Hall–Kier alpha value is -1.33. The molecule has 0 aliphatic rings. The van der Waals surface area contributed by atoms with Crippen LogP contribution in [0.3, 0.4) is 0 Å². The third-order valence-electron chi connectivity index (χ3n) is 2.04. The molecule has 5 heteroatoms. The van der Waals surface area contributed by atoms with Crippen molar-refractivity contribution in [1.82, 2.24) is 4.98 Å². The molecule has 0 saturated heterocycles. The van der Waals surface area contributed by atoms with E-state index in [1.165, 1.54) is 29.7 Å². The predicted molar refractivity (Wildman–Crippen MR) is 58.1 cm³/mol. The van der Waals surface area contributed by atoms with Crippen LogP contribution in [0.5, 0.6) is 0 Å². The summed E-state index contributed by atoms with van der Waals surface area (Å²) in [6.45, 7) is 1.61. The summed E-state index contributed by atoms with van der Waals surface area (Å²) in [5.41, 5.74) is 0.384. The lowest BCUT2D eigenvalue weighted by atomic mass is 10.2. The van der Waals surface area contributed by atoms with Gasteiger partial charge in [0.15, 0.2) is 0 Å². The molecule has 0 amide bonds. The third-order valence-corrected chi connectivity index (χ3v) is 3.26. The quantitative estimate of drug-likeness (QED) is 0.876. The summed E-state index contributed by atoms with van der Waals surface area (Å²) >= 11 is 1.22. The molecule has 0 spiro atoms. The molecule has 1 aromatic heterocycles. The summed E-state index contributed by atoms with van der Waals surface area (Å²) in [6, 6.07) is 3.24. The van der Waals surface area contributed by atoms with Gasteiger partial charge >= 0.3 is 0 Å². The van der Waals surface area contributed by atoms with Crippen LogP contribution in [-0.2, 0) is 0 Å². The zero-order valence-corrected chi connectivity index (χ0v) is 9.26. The van der Waals surface area contributed by atoms with Crippen molar-refractivity contribution in [2.75, 3.05) is 0 Å². The molecule has 0 radical (unpaired) electrons. The number of nitrogens with zero attached hydrogens (tertiary/aromatic N) is 1. The van der Waals surface area contributed by atoms with Gasteiger partial charge in [-0.25, -0.2) is 13.8 Å². The van der Waals surface area contributed by atoms with Crippen LogP contribution in [0.25, 0.3) is 10.6 Å². The summed E-state index contributed by atoms with van der Waals surface area (Å²) in [5, 5.41) is 9.81. The lowest BCUT2D eigenvalue weighted by Gasteiger charge is -1.98. The second-order valence-electron chi connectivity index (χ2n) is 3.40. The van der Waals surface area contributed by atoms with E-state index >= 15 is 0 Å². The first-order chi connectivity index (χ1) is 7.56. The number of hydrogen-bond donors (Lipinski definition) is 1. The number of benzene rings is 1. The maximum atomic E-state index is 13.0. The van der Waals surface area contributed by atoms with Crippen LogP contribution in [0, 0.1) is 11.6 Å². The minimum Gasteiger partial charge on any atom is -0.388 e. The van der Waals surface area contributed by atoms with Crippen LogP contribution < -0.4 is 0 Å². The van der Waals surface area contributed by atoms with Crippen molar-refractivity contribution in [1.29, 1.82) is 0 Å². The van der Waals surface area contributed by atoms with E-state index in [0.29, 0.717) is 15.4 Å². The molecule has 84 valence electrons. The SMILES string of the molecule is CC(O)c1cnc(-c2cc(F)cc(F)c2)s1. The summed E-state index contributed by atoms with van der Waals surface area (Å²) in [7, 11) is 0. The molecule has 1 heterocycles. The Balaban J connectivity index is 2.42. The lowest BCUT2D eigenvalue weighted by Crippen LogP contribution is -1.83. The second kappa shape index (κ2) is 4.27. The molecule has 16 heavy (non-hydrogen) atoms. The number of halogens is 2. The van der Waals surface area contributed by atoms with Gasteiger partial charge in [-0.2, -0.15) is 0 Å². The van der Waals surface area contributed by atoms with Gasteiger partial charge in [-0.05, 0) is 19.1 Å². The number of aliphatic hydroxyl groups is 1. The zero-order valence-electron chi connectivity index (χ0n) is 8.45. The number of thiazole rings is 1. The Morgan fingerprint density at radius 1 is 1.25 bits per heavy atom. The van der Waals surface area contributed by atoms with Crippen molar-refractivity contribution in [3.8, 4) is 10.6 Å². The minimum absolute atomic E-state index is 0.384. The smallest absolute Gasteiger partial charge is 0.126 e. The normalized spacial score (nSPS) is 12.8. The Labute approximate surface area is 95.2 Å². The zero-order chi connectivity index (χ0) is 11.7. The Morgan fingerprint density at radius 3 is 2.38 bits per heavy atom. The fourth-order valence-corrected chi connectivity index (χ4v) is 2.13. The maximum Gasteiger partial charge on any atom is 0.126 e. The number of aliphatic hydroxyl groups excluding tert-OH is 1. The molecule has 1 N–H and O–H groups in total. The average Bonchev–Trinajstić information content (AvgIpc) is 2.64. The van der Waals surface area contributed by atoms with Crippen LogP contribution in [-0.4, -0.2) is 10.1 Å². The van der Waals surface area contributed by atoms with Crippen LogP contribution in [0.15, 0.2) is 24.4 Å². The van der Waals surface area contributed by atoms with Gasteiger partial charge in [-0.3, -0.25) is 0 Å². The molecule has 2 rings (SSSR count). The number of aromatic nitrogens is 1. The van der Waals surface area contributed by atoms with E-state index in [2.05, 4.69) is 4.98 Å². The first-order valence-electron chi connectivity index (χ1n) is 4.66. The van der Waals surface area contributed by atoms with Crippen molar-refractivity contribution in [2.45, 2.75) is 13.0 Å². The highest BCUT2D eigenvalue weighted by Gasteiger charge is 2.10. The van der Waals surface area contributed by atoms with E-state index in [1.807, 2.05) is 0 Å². The van der Waals surface area contributed by atoms with Gasteiger partial charge < -0.3 is 5.11 Å². The molecule has 1 unspecified atom stereocenters. The lowest BCUT2D eigenvalue weighted by molar-refractivity contribution is 0.203.